The summed E-state index contributed by atoms with van der Waals surface area (Å²) >= 11 is 1.63. The van der Waals surface area contributed by atoms with Crippen molar-refractivity contribution in [1.82, 2.24) is 0 Å². The summed E-state index contributed by atoms with van der Waals surface area (Å²) in [6, 6.07) is 7.94. The van der Waals surface area contributed by atoms with E-state index in [0.29, 0.717) is 5.57 Å². The Morgan fingerprint density at radius 1 is 1.25 bits per heavy atom. The SMILES string of the molecule is COC(=O)C1=Cc2cc(OC)ccc2C1c1ccsc1. The molecule has 0 radical (unpaired) electrons. The third-order valence-electron chi connectivity index (χ3n) is 3.52. The highest BCUT2D eigenvalue weighted by atomic mass is 32.1. The monoisotopic (exact) mass is 286 g/mol. The molecule has 2 aromatic rings. The van der Waals surface area contributed by atoms with E-state index in [4.69, 9.17) is 9.47 Å². The number of hydrogen-bond acceptors (Lipinski definition) is 4. The van der Waals surface area contributed by atoms with Gasteiger partial charge in [-0.3, -0.25) is 0 Å². The molecule has 1 aromatic carbocycles. The minimum Gasteiger partial charge on any atom is -0.497 e. The fourth-order valence-electron chi connectivity index (χ4n) is 2.58. The summed E-state index contributed by atoms with van der Waals surface area (Å²) in [5, 5.41) is 4.09. The van der Waals surface area contributed by atoms with Crippen LogP contribution in [0.1, 0.15) is 22.6 Å². The lowest BCUT2D eigenvalue weighted by molar-refractivity contribution is -0.136. The molecule has 1 aliphatic carbocycles. The average molecular weight is 286 g/mol. The van der Waals surface area contributed by atoms with Crippen molar-refractivity contribution in [3.8, 4) is 5.75 Å². The number of rotatable bonds is 3. The van der Waals surface area contributed by atoms with Crippen LogP contribution >= 0.6 is 11.3 Å². The lowest BCUT2D eigenvalue weighted by Gasteiger charge is -2.14. The van der Waals surface area contributed by atoms with Crippen LogP contribution in [-0.4, -0.2) is 20.2 Å². The second kappa shape index (κ2) is 5.13. The van der Waals surface area contributed by atoms with Gasteiger partial charge in [-0.25, -0.2) is 4.79 Å². The van der Waals surface area contributed by atoms with Crippen molar-refractivity contribution in [2.75, 3.05) is 14.2 Å². The largest absolute Gasteiger partial charge is 0.497 e. The second-order valence-corrected chi connectivity index (χ2v) is 5.36. The standard InChI is InChI=1S/C16H14O3S/c1-18-12-3-4-13-11(7-12)8-14(16(17)19-2)15(13)10-5-6-20-9-10/h3-9,15H,1-2H3. The first-order valence-corrected chi connectivity index (χ1v) is 7.19. The zero-order valence-corrected chi connectivity index (χ0v) is 12.1. The van der Waals surface area contributed by atoms with E-state index in [1.165, 1.54) is 7.11 Å². The Balaban J connectivity index is 2.12. The average Bonchev–Trinajstić information content (AvgIpc) is 3.11. The first kappa shape index (κ1) is 12.9. The number of benzene rings is 1. The fraction of sp³-hybridized carbons (Fsp3) is 0.188. The number of methoxy groups -OCH3 is 2. The van der Waals surface area contributed by atoms with E-state index in [9.17, 15) is 4.79 Å². The molecule has 3 nitrogen and oxygen atoms in total. The van der Waals surface area contributed by atoms with E-state index >= 15 is 0 Å². The van der Waals surface area contributed by atoms with Gasteiger partial charge in [0.15, 0.2) is 0 Å². The topological polar surface area (TPSA) is 35.5 Å². The lowest BCUT2D eigenvalue weighted by Crippen LogP contribution is -2.10. The van der Waals surface area contributed by atoms with Crippen LogP contribution in [0.3, 0.4) is 0 Å². The van der Waals surface area contributed by atoms with Gasteiger partial charge in [0.1, 0.15) is 5.75 Å². The molecule has 0 N–H and O–H groups in total. The first-order chi connectivity index (χ1) is 9.74. The smallest absolute Gasteiger partial charge is 0.334 e. The summed E-state index contributed by atoms with van der Waals surface area (Å²) < 4.78 is 10.2. The summed E-state index contributed by atoms with van der Waals surface area (Å²) in [5.74, 6) is 0.459. The lowest BCUT2D eigenvalue weighted by atomic mass is 9.90. The van der Waals surface area contributed by atoms with Crippen molar-refractivity contribution in [2.24, 2.45) is 0 Å². The molecule has 0 saturated heterocycles. The number of ether oxygens (including phenoxy) is 2. The third kappa shape index (κ3) is 2.02. The van der Waals surface area contributed by atoms with Crippen molar-refractivity contribution in [3.05, 3.63) is 57.3 Å². The van der Waals surface area contributed by atoms with Crippen molar-refractivity contribution in [1.29, 1.82) is 0 Å². The Morgan fingerprint density at radius 2 is 2.10 bits per heavy atom. The maximum absolute atomic E-state index is 12.0. The summed E-state index contributed by atoms with van der Waals surface area (Å²) in [4.78, 5) is 12.0. The number of carbonyl (C=O) groups excluding carboxylic acids is 1. The van der Waals surface area contributed by atoms with Gasteiger partial charge in [-0.05, 0) is 51.7 Å². The van der Waals surface area contributed by atoms with Crippen molar-refractivity contribution in [2.45, 2.75) is 5.92 Å². The van der Waals surface area contributed by atoms with Gasteiger partial charge in [0.05, 0.1) is 14.2 Å². The maximum Gasteiger partial charge on any atom is 0.334 e. The first-order valence-electron chi connectivity index (χ1n) is 6.24. The molecule has 0 amide bonds. The normalized spacial score (nSPS) is 16.5. The van der Waals surface area contributed by atoms with Gasteiger partial charge in [0.2, 0.25) is 0 Å². The Labute approximate surface area is 121 Å². The van der Waals surface area contributed by atoms with E-state index in [0.717, 1.165) is 22.4 Å². The van der Waals surface area contributed by atoms with Crippen molar-refractivity contribution >= 4 is 23.4 Å². The van der Waals surface area contributed by atoms with Crippen LogP contribution in [0.4, 0.5) is 0 Å². The molecule has 1 heterocycles. The number of thiophene rings is 1. The summed E-state index contributed by atoms with van der Waals surface area (Å²) in [6.45, 7) is 0. The molecule has 4 heteroatoms. The zero-order chi connectivity index (χ0) is 14.1. The molecule has 0 saturated carbocycles. The molecule has 0 spiro atoms. The van der Waals surface area contributed by atoms with Crippen molar-refractivity contribution < 1.29 is 14.3 Å². The quantitative estimate of drug-likeness (QED) is 0.811. The molecule has 0 fully saturated rings. The Bertz CT molecular complexity index is 671. The van der Waals surface area contributed by atoms with Crippen LogP contribution in [0, 0.1) is 0 Å². The number of hydrogen-bond donors (Lipinski definition) is 0. The Morgan fingerprint density at radius 3 is 2.75 bits per heavy atom. The van der Waals surface area contributed by atoms with Gasteiger partial charge in [0.25, 0.3) is 0 Å². The maximum atomic E-state index is 12.0. The van der Waals surface area contributed by atoms with Crippen LogP contribution in [-0.2, 0) is 9.53 Å². The Kier molecular flexibility index (Phi) is 3.32. The molecule has 0 bridgehead atoms. The summed E-state index contributed by atoms with van der Waals surface area (Å²) in [6.07, 6.45) is 1.89. The van der Waals surface area contributed by atoms with Crippen molar-refractivity contribution in [3.63, 3.8) is 0 Å². The molecular weight excluding hydrogens is 272 g/mol. The molecule has 1 aliphatic rings. The summed E-state index contributed by atoms with van der Waals surface area (Å²) in [5.41, 5.74) is 3.93. The molecule has 1 unspecified atom stereocenters. The predicted octanol–water partition coefficient (Wildman–Crippen LogP) is 3.46. The van der Waals surface area contributed by atoms with Gasteiger partial charge < -0.3 is 9.47 Å². The number of fused-ring (bicyclic) bond motifs is 1. The van der Waals surface area contributed by atoms with E-state index < -0.39 is 0 Å². The molecule has 20 heavy (non-hydrogen) atoms. The van der Waals surface area contributed by atoms with Gasteiger partial charge in [-0.1, -0.05) is 6.07 Å². The summed E-state index contributed by atoms with van der Waals surface area (Å²) in [7, 11) is 3.05. The van der Waals surface area contributed by atoms with E-state index in [1.54, 1.807) is 18.4 Å². The highest BCUT2D eigenvalue weighted by Crippen LogP contribution is 2.43. The molecular formula is C16H14O3S. The van der Waals surface area contributed by atoms with Crippen LogP contribution in [0.5, 0.6) is 5.75 Å². The highest BCUT2D eigenvalue weighted by Gasteiger charge is 2.32. The molecule has 1 aromatic heterocycles. The van der Waals surface area contributed by atoms with Crippen LogP contribution < -0.4 is 4.74 Å². The van der Waals surface area contributed by atoms with Crippen LogP contribution in [0.2, 0.25) is 0 Å². The second-order valence-electron chi connectivity index (χ2n) is 4.58. The van der Waals surface area contributed by atoms with Crippen LogP contribution in [0.15, 0.2) is 40.6 Å². The van der Waals surface area contributed by atoms with Gasteiger partial charge in [0, 0.05) is 11.5 Å². The third-order valence-corrected chi connectivity index (χ3v) is 4.23. The fourth-order valence-corrected chi connectivity index (χ4v) is 3.27. The zero-order valence-electron chi connectivity index (χ0n) is 11.3. The Hall–Kier alpha value is -2.07. The van der Waals surface area contributed by atoms with E-state index in [1.807, 2.05) is 35.7 Å². The minimum absolute atomic E-state index is 0.0467. The predicted molar refractivity (Wildman–Crippen MR) is 79.1 cm³/mol. The minimum atomic E-state index is -0.281. The molecule has 1 atom stereocenters. The highest BCUT2D eigenvalue weighted by molar-refractivity contribution is 7.08. The van der Waals surface area contributed by atoms with E-state index in [-0.39, 0.29) is 11.9 Å². The molecule has 0 aliphatic heterocycles. The number of esters is 1. The van der Waals surface area contributed by atoms with Gasteiger partial charge >= 0.3 is 5.97 Å². The number of carbonyl (C=O) groups is 1. The molecule has 3 rings (SSSR count). The van der Waals surface area contributed by atoms with E-state index in [2.05, 4.69) is 5.38 Å². The van der Waals surface area contributed by atoms with Crippen LogP contribution in [0.25, 0.3) is 6.08 Å². The van der Waals surface area contributed by atoms with Gasteiger partial charge in [-0.2, -0.15) is 11.3 Å². The molecule has 102 valence electrons. The van der Waals surface area contributed by atoms with Gasteiger partial charge in [-0.15, -0.1) is 0 Å².